The van der Waals surface area contributed by atoms with Gasteiger partial charge < -0.3 is 40.9 Å². The molecule has 1 atom stereocenters. The normalized spacial score (nSPS) is 19.0. The van der Waals surface area contributed by atoms with Gasteiger partial charge in [0.1, 0.15) is 17.4 Å². The van der Waals surface area contributed by atoms with Crippen molar-refractivity contribution in [3.05, 3.63) is 23.3 Å². The lowest BCUT2D eigenvalue weighted by atomic mass is 9.70. The van der Waals surface area contributed by atoms with E-state index in [9.17, 15) is 29.5 Å². The Hall–Kier alpha value is -2.83. The van der Waals surface area contributed by atoms with Crippen LogP contribution in [0.4, 0.5) is 0 Å². The third-order valence-corrected chi connectivity index (χ3v) is 4.77. The highest BCUT2D eigenvalue weighted by molar-refractivity contribution is 6.59. The maximum Gasteiger partial charge on any atom is 0.430 e. The molecule has 2 heterocycles. The highest BCUT2D eigenvalue weighted by Gasteiger charge is 2.36. The van der Waals surface area contributed by atoms with Gasteiger partial charge in [0.2, 0.25) is 11.8 Å². The number of primary amides is 1. The molecule has 0 aliphatic carbocycles. The lowest BCUT2D eigenvalue weighted by Crippen LogP contribution is -2.57. The number of fused-ring (bicyclic) bond motifs is 1. The predicted octanol–water partition coefficient (Wildman–Crippen LogP) is -1.96. The molecule has 11 nitrogen and oxygen atoms in total. The second kappa shape index (κ2) is 7.30. The molecule has 1 saturated heterocycles. The summed E-state index contributed by atoms with van der Waals surface area (Å²) in [6.45, 7) is -2.74. The minimum atomic E-state index is -3.12. The third kappa shape index (κ3) is 4.03. The Morgan fingerprint density at radius 1 is 1.32 bits per heavy atom. The second-order valence-electron chi connectivity index (χ2n) is 7.00. The van der Waals surface area contributed by atoms with Crippen molar-refractivity contribution >= 4 is 24.5 Å². The molecule has 0 spiro atoms. The molecule has 1 aromatic carbocycles. The molecule has 1 fully saturated rings. The number of carboxylic acid groups (broad SMARTS) is 1. The number of aryl methyl sites for hydroxylation is 1. The van der Waals surface area contributed by atoms with E-state index in [4.69, 9.17) is 20.9 Å². The Morgan fingerprint density at radius 2 is 2.00 bits per heavy atom. The van der Waals surface area contributed by atoms with Crippen LogP contribution in [0.2, 0.25) is 6.32 Å². The maximum atomic E-state index is 12.0. The lowest BCUT2D eigenvalue weighted by molar-refractivity contribution is -0.141. The van der Waals surface area contributed by atoms with Gasteiger partial charge in [-0.1, -0.05) is 12.4 Å². The largest absolute Gasteiger partial charge is 0.669 e. The van der Waals surface area contributed by atoms with E-state index in [0.717, 1.165) is 0 Å². The first kappa shape index (κ1) is 19.9. The van der Waals surface area contributed by atoms with E-state index in [1.807, 2.05) is 0 Å². The van der Waals surface area contributed by atoms with Gasteiger partial charge in [-0.2, -0.15) is 0 Å². The van der Waals surface area contributed by atoms with Gasteiger partial charge in [0.25, 0.3) is 0 Å². The molecule has 0 aromatic heterocycles. The van der Waals surface area contributed by atoms with Crippen LogP contribution in [0, 0.1) is 0 Å². The van der Waals surface area contributed by atoms with E-state index in [1.54, 1.807) is 6.07 Å². The van der Waals surface area contributed by atoms with E-state index in [-0.39, 0.29) is 55.2 Å². The van der Waals surface area contributed by atoms with Crippen LogP contribution in [-0.4, -0.2) is 69.8 Å². The summed E-state index contributed by atoms with van der Waals surface area (Å²) in [6, 6.07) is 2.02. The number of nitrogens with two attached hydrogens (primary N) is 2. The van der Waals surface area contributed by atoms with Crippen LogP contribution >= 0.6 is 0 Å². The summed E-state index contributed by atoms with van der Waals surface area (Å²) in [4.78, 5) is 36.1. The fraction of sp³-hybridized carbons (Fsp3) is 0.438. The van der Waals surface area contributed by atoms with Gasteiger partial charge in [-0.3, -0.25) is 9.59 Å². The van der Waals surface area contributed by atoms with Crippen molar-refractivity contribution < 1.29 is 38.9 Å². The number of rotatable bonds is 6. The molecule has 152 valence electrons. The Morgan fingerprint density at radius 3 is 2.61 bits per heavy atom. The Bertz CT molecular complexity index is 824. The van der Waals surface area contributed by atoms with Gasteiger partial charge in [-0.25, -0.2) is 4.79 Å². The van der Waals surface area contributed by atoms with Crippen LogP contribution in [0.15, 0.2) is 12.1 Å². The summed E-state index contributed by atoms with van der Waals surface area (Å²) >= 11 is 0. The number of carbonyl (C=O) groups is 3. The first-order valence-corrected chi connectivity index (χ1v) is 8.75. The summed E-state index contributed by atoms with van der Waals surface area (Å²) in [5.74, 6) is -2.58. The SMILES string of the molecule is NC(=O)C(N)CC(=O)N1CC(Oc2ccc3c(c2C(=O)O)O[B-](O)(O)CC3)C1. The van der Waals surface area contributed by atoms with Crippen molar-refractivity contribution in [3.8, 4) is 11.5 Å². The molecule has 12 heteroatoms. The average molecular weight is 394 g/mol. The van der Waals surface area contributed by atoms with Crippen LogP contribution in [0.25, 0.3) is 0 Å². The second-order valence-corrected chi connectivity index (χ2v) is 7.00. The molecule has 2 aliphatic rings. The summed E-state index contributed by atoms with van der Waals surface area (Å²) in [5.41, 5.74) is 10.7. The van der Waals surface area contributed by atoms with E-state index >= 15 is 0 Å². The minimum Gasteiger partial charge on any atom is -0.669 e. The van der Waals surface area contributed by atoms with Crippen molar-refractivity contribution in [2.75, 3.05) is 13.1 Å². The molecule has 3 rings (SSSR count). The molecule has 2 aliphatic heterocycles. The number of benzene rings is 1. The quantitative estimate of drug-likeness (QED) is 0.341. The summed E-state index contributed by atoms with van der Waals surface area (Å²) in [6.07, 6.45) is -0.451. The van der Waals surface area contributed by atoms with E-state index in [0.29, 0.717) is 5.56 Å². The molecular weight excluding hydrogens is 373 g/mol. The van der Waals surface area contributed by atoms with Gasteiger partial charge in [0.05, 0.1) is 31.3 Å². The Balaban J connectivity index is 1.69. The maximum absolute atomic E-state index is 12.0. The number of hydrogen-bond donors (Lipinski definition) is 5. The number of amides is 2. The minimum absolute atomic E-state index is 0.00527. The van der Waals surface area contributed by atoms with Gasteiger partial charge in [0.15, 0.2) is 0 Å². The van der Waals surface area contributed by atoms with Crippen LogP contribution in [0.5, 0.6) is 11.5 Å². The first-order chi connectivity index (χ1) is 13.1. The predicted molar refractivity (Wildman–Crippen MR) is 95.5 cm³/mol. The zero-order valence-corrected chi connectivity index (χ0v) is 14.9. The molecule has 1 aromatic rings. The third-order valence-electron chi connectivity index (χ3n) is 4.77. The topological polar surface area (TPSA) is 186 Å². The summed E-state index contributed by atoms with van der Waals surface area (Å²) < 4.78 is 10.8. The van der Waals surface area contributed by atoms with Crippen molar-refractivity contribution in [3.63, 3.8) is 0 Å². The number of carbonyl (C=O) groups excluding carboxylic acids is 2. The Labute approximate surface area is 159 Å². The number of ether oxygens (including phenoxy) is 1. The van der Waals surface area contributed by atoms with Crippen molar-refractivity contribution in [1.29, 1.82) is 0 Å². The monoisotopic (exact) mass is 394 g/mol. The van der Waals surface area contributed by atoms with E-state index in [1.165, 1.54) is 11.0 Å². The number of hydrogen-bond acceptors (Lipinski definition) is 8. The summed E-state index contributed by atoms with van der Waals surface area (Å²) in [5, 5.41) is 29.0. The van der Waals surface area contributed by atoms with Crippen molar-refractivity contribution in [2.45, 2.75) is 31.3 Å². The zero-order valence-electron chi connectivity index (χ0n) is 14.9. The standard InChI is InChI=1S/C16H21BN3O8/c18-10(15(19)22)5-12(21)20-6-9(7-20)27-11-2-1-8-3-4-17(25,26)28-14(8)13(11)16(23)24/h1-2,9-10,25-26H,3-7,18H2,(H2,19,22)(H,23,24)/q-1. The van der Waals surface area contributed by atoms with Gasteiger partial charge >= 0.3 is 12.7 Å². The molecule has 28 heavy (non-hydrogen) atoms. The van der Waals surface area contributed by atoms with Gasteiger partial charge in [-0.05, 0) is 18.1 Å². The van der Waals surface area contributed by atoms with E-state index < -0.39 is 30.8 Å². The zero-order chi connectivity index (χ0) is 20.6. The molecular formula is C16H21BN3O8-. The average Bonchev–Trinajstić information content (AvgIpc) is 2.55. The molecule has 0 bridgehead atoms. The number of carboxylic acids is 1. The lowest BCUT2D eigenvalue weighted by Gasteiger charge is -2.40. The van der Waals surface area contributed by atoms with Crippen molar-refractivity contribution in [2.24, 2.45) is 11.5 Å². The van der Waals surface area contributed by atoms with Crippen molar-refractivity contribution in [1.82, 2.24) is 4.90 Å². The Kier molecular flexibility index (Phi) is 5.19. The molecule has 0 radical (unpaired) electrons. The van der Waals surface area contributed by atoms with Gasteiger partial charge in [0, 0.05) is 0 Å². The number of likely N-dealkylation sites (tertiary alicyclic amines) is 1. The highest BCUT2D eigenvalue weighted by Crippen LogP contribution is 2.38. The van der Waals surface area contributed by atoms with Crippen LogP contribution in [-0.2, 0) is 16.0 Å². The molecule has 7 N–H and O–H groups in total. The number of nitrogens with zero attached hydrogens (tertiary/aromatic N) is 1. The first-order valence-electron chi connectivity index (χ1n) is 8.75. The van der Waals surface area contributed by atoms with Crippen LogP contribution < -0.4 is 20.9 Å². The van der Waals surface area contributed by atoms with Crippen LogP contribution in [0.1, 0.15) is 22.3 Å². The van der Waals surface area contributed by atoms with E-state index in [2.05, 4.69) is 0 Å². The fourth-order valence-electron chi connectivity index (χ4n) is 3.14. The molecule has 1 unspecified atom stereocenters. The van der Waals surface area contributed by atoms with Crippen LogP contribution in [0.3, 0.4) is 0 Å². The molecule has 2 amide bonds. The molecule has 0 saturated carbocycles. The number of aromatic carboxylic acids is 1. The fourth-order valence-corrected chi connectivity index (χ4v) is 3.14. The smallest absolute Gasteiger partial charge is 0.430 e. The summed E-state index contributed by atoms with van der Waals surface area (Å²) in [7, 11) is 0. The highest BCUT2D eigenvalue weighted by atomic mass is 16.6. The van der Waals surface area contributed by atoms with Gasteiger partial charge in [-0.15, -0.1) is 0 Å².